The largest absolute Gasteiger partial charge is 0.494 e. The third-order valence-corrected chi connectivity index (χ3v) is 6.74. The Kier molecular flexibility index (Phi) is 7.44. The van der Waals surface area contributed by atoms with E-state index in [-0.39, 0.29) is 23.6 Å². The van der Waals surface area contributed by atoms with Gasteiger partial charge in [-0.3, -0.25) is 14.3 Å². The summed E-state index contributed by atoms with van der Waals surface area (Å²) in [5.74, 6) is -0.213. The van der Waals surface area contributed by atoms with Crippen molar-refractivity contribution in [2.24, 2.45) is 7.05 Å². The number of carbonyl (C=O) groups is 2. The zero-order valence-electron chi connectivity index (χ0n) is 20.5. The molecule has 0 radical (unpaired) electrons. The molecule has 33 heavy (non-hydrogen) atoms. The quantitative estimate of drug-likeness (QED) is 0.623. The van der Waals surface area contributed by atoms with Gasteiger partial charge in [-0.1, -0.05) is 6.07 Å². The van der Waals surface area contributed by atoms with Crippen LogP contribution in [0.1, 0.15) is 62.0 Å². The van der Waals surface area contributed by atoms with Crippen molar-refractivity contribution in [3.05, 3.63) is 46.5 Å². The van der Waals surface area contributed by atoms with Gasteiger partial charge in [0.1, 0.15) is 0 Å². The molecule has 1 saturated heterocycles. The van der Waals surface area contributed by atoms with Crippen molar-refractivity contribution in [2.75, 3.05) is 7.11 Å². The average molecular weight is 459 g/mol. The molecule has 0 aliphatic carbocycles. The molecule has 2 heterocycles. The molecule has 1 fully saturated rings. The van der Waals surface area contributed by atoms with E-state index in [9.17, 15) is 14.0 Å². The molecule has 0 spiro atoms. The lowest BCUT2D eigenvalue weighted by atomic mass is 9.84. The van der Waals surface area contributed by atoms with Gasteiger partial charge in [-0.2, -0.15) is 5.10 Å². The minimum atomic E-state index is -0.529. The van der Waals surface area contributed by atoms with Crippen LogP contribution in [0.3, 0.4) is 0 Å². The third-order valence-electron chi connectivity index (χ3n) is 6.74. The highest BCUT2D eigenvalue weighted by Gasteiger charge is 2.38. The van der Waals surface area contributed by atoms with E-state index in [4.69, 9.17) is 4.74 Å². The zero-order valence-corrected chi connectivity index (χ0v) is 20.5. The molecule has 1 aromatic carbocycles. The number of ether oxygens (including phenoxy) is 1. The van der Waals surface area contributed by atoms with Gasteiger partial charge in [0.2, 0.25) is 11.8 Å². The molecule has 0 saturated carbocycles. The van der Waals surface area contributed by atoms with Crippen LogP contribution in [0.4, 0.5) is 4.39 Å². The fourth-order valence-corrected chi connectivity index (χ4v) is 4.65. The first kappa shape index (κ1) is 24.7. The van der Waals surface area contributed by atoms with Gasteiger partial charge in [-0.05, 0) is 64.7 Å². The van der Waals surface area contributed by atoms with Crippen molar-refractivity contribution >= 4 is 11.8 Å². The van der Waals surface area contributed by atoms with Gasteiger partial charge < -0.3 is 15.0 Å². The molecular formula is C25H35FN4O3. The van der Waals surface area contributed by atoms with Crippen LogP contribution in [0.5, 0.6) is 5.75 Å². The molecule has 8 heteroatoms. The number of aryl methyl sites for hydroxylation is 2. The Morgan fingerprint density at radius 3 is 2.64 bits per heavy atom. The first-order valence-electron chi connectivity index (χ1n) is 11.5. The van der Waals surface area contributed by atoms with Crippen LogP contribution in [0, 0.1) is 19.7 Å². The lowest BCUT2D eigenvalue weighted by Crippen LogP contribution is -2.45. The summed E-state index contributed by atoms with van der Waals surface area (Å²) in [5, 5.41) is 7.58. The Hall–Kier alpha value is -2.90. The van der Waals surface area contributed by atoms with Crippen LogP contribution in [0.25, 0.3) is 0 Å². The lowest BCUT2D eigenvalue weighted by molar-refractivity contribution is -0.134. The zero-order chi connectivity index (χ0) is 24.3. The molecule has 1 N–H and O–H groups in total. The highest BCUT2D eigenvalue weighted by atomic mass is 19.1. The molecular weight excluding hydrogens is 423 g/mol. The van der Waals surface area contributed by atoms with Crippen LogP contribution in [-0.4, -0.2) is 45.2 Å². The summed E-state index contributed by atoms with van der Waals surface area (Å²) in [6.07, 6.45) is 2.42. The van der Waals surface area contributed by atoms with E-state index in [0.717, 1.165) is 22.5 Å². The van der Waals surface area contributed by atoms with E-state index in [2.05, 4.69) is 10.4 Å². The van der Waals surface area contributed by atoms with Crippen molar-refractivity contribution in [3.8, 4) is 5.75 Å². The molecule has 1 aromatic heterocycles. The summed E-state index contributed by atoms with van der Waals surface area (Å²) in [6.45, 7) is 8.51. The Labute approximate surface area is 195 Å². The Morgan fingerprint density at radius 2 is 2.09 bits per heavy atom. The maximum atomic E-state index is 13.8. The molecule has 0 unspecified atom stereocenters. The number of halogens is 1. The summed E-state index contributed by atoms with van der Waals surface area (Å²) >= 11 is 0. The number of aromatic nitrogens is 2. The van der Waals surface area contributed by atoms with Crippen LogP contribution in [-0.2, 0) is 29.6 Å². The highest BCUT2D eigenvalue weighted by molar-refractivity contribution is 5.80. The SMILES string of the molecule is COc1cc(C[C@@]2(CCC(=O)N(Cc3c(C)nn(C)c3C)C(C)C)CCC(=O)N2)ccc1F. The number of nitrogens with zero attached hydrogens (tertiary/aromatic N) is 3. The molecule has 1 aliphatic rings. The van der Waals surface area contributed by atoms with Gasteiger partial charge in [0.15, 0.2) is 11.6 Å². The Bertz CT molecular complexity index is 1030. The maximum Gasteiger partial charge on any atom is 0.223 e. The number of hydrogen-bond donors (Lipinski definition) is 1. The Morgan fingerprint density at radius 1 is 1.36 bits per heavy atom. The molecule has 3 rings (SSSR count). The Balaban J connectivity index is 1.75. The number of methoxy groups -OCH3 is 1. The summed E-state index contributed by atoms with van der Waals surface area (Å²) in [6, 6.07) is 4.79. The van der Waals surface area contributed by atoms with Crippen molar-refractivity contribution in [3.63, 3.8) is 0 Å². The summed E-state index contributed by atoms with van der Waals surface area (Å²) in [4.78, 5) is 27.3. The number of benzene rings is 1. The number of hydrogen-bond acceptors (Lipinski definition) is 4. The van der Waals surface area contributed by atoms with Crippen LogP contribution in [0.15, 0.2) is 18.2 Å². The van der Waals surface area contributed by atoms with Gasteiger partial charge in [-0.15, -0.1) is 0 Å². The predicted molar refractivity (Wildman–Crippen MR) is 124 cm³/mol. The summed E-state index contributed by atoms with van der Waals surface area (Å²) in [5.41, 5.74) is 3.39. The van der Waals surface area contributed by atoms with E-state index in [1.165, 1.54) is 13.2 Å². The smallest absolute Gasteiger partial charge is 0.223 e. The minimum Gasteiger partial charge on any atom is -0.494 e. The van der Waals surface area contributed by atoms with E-state index in [0.29, 0.717) is 38.6 Å². The third kappa shape index (κ3) is 5.54. The van der Waals surface area contributed by atoms with Crippen LogP contribution < -0.4 is 10.1 Å². The van der Waals surface area contributed by atoms with Gasteiger partial charge >= 0.3 is 0 Å². The fourth-order valence-electron chi connectivity index (χ4n) is 4.65. The molecule has 7 nitrogen and oxygen atoms in total. The monoisotopic (exact) mass is 458 g/mol. The van der Waals surface area contributed by atoms with Crippen molar-refractivity contribution in [1.82, 2.24) is 20.0 Å². The van der Waals surface area contributed by atoms with Gasteiger partial charge in [0.05, 0.1) is 12.8 Å². The van der Waals surface area contributed by atoms with Gasteiger partial charge in [0.25, 0.3) is 0 Å². The van der Waals surface area contributed by atoms with E-state index < -0.39 is 11.4 Å². The standard InChI is InChI=1S/C25H35FN4O3/c1-16(2)30(15-20-17(3)28-29(5)18(20)4)24(32)10-12-25(11-9-23(31)27-25)14-19-7-8-21(26)22(13-19)33-6/h7-8,13,16H,9-12,14-15H2,1-6H3,(H,27,31)/t25-/m0/s1. The maximum absolute atomic E-state index is 13.8. The van der Waals surface area contributed by atoms with Crippen molar-refractivity contribution < 1.29 is 18.7 Å². The molecule has 2 amide bonds. The second-order valence-corrected chi connectivity index (χ2v) is 9.36. The second kappa shape index (κ2) is 9.93. The lowest BCUT2D eigenvalue weighted by Gasteiger charge is -2.32. The highest BCUT2D eigenvalue weighted by Crippen LogP contribution is 2.32. The minimum absolute atomic E-state index is 0.0150. The summed E-state index contributed by atoms with van der Waals surface area (Å²) < 4.78 is 20.8. The van der Waals surface area contributed by atoms with E-state index in [1.807, 2.05) is 44.3 Å². The first-order valence-corrected chi connectivity index (χ1v) is 11.5. The number of carbonyl (C=O) groups excluding carboxylic acids is 2. The molecule has 1 aliphatic heterocycles. The van der Waals surface area contributed by atoms with Crippen LogP contribution in [0.2, 0.25) is 0 Å². The van der Waals surface area contributed by atoms with Crippen molar-refractivity contribution in [1.29, 1.82) is 0 Å². The van der Waals surface area contributed by atoms with Crippen molar-refractivity contribution in [2.45, 2.75) is 77.9 Å². The molecule has 2 aromatic rings. The van der Waals surface area contributed by atoms with Gasteiger partial charge in [0, 0.05) is 49.3 Å². The van der Waals surface area contributed by atoms with E-state index >= 15 is 0 Å². The normalized spacial score (nSPS) is 18.0. The predicted octanol–water partition coefficient (Wildman–Crippen LogP) is 3.59. The molecule has 180 valence electrons. The fraction of sp³-hybridized carbons (Fsp3) is 0.560. The number of rotatable bonds is 9. The van der Waals surface area contributed by atoms with Gasteiger partial charge in [-0.25, -0.2) is 4.39 Å². The van der Waals surface area contributed by atoms with Crippen LogP contribution >= 0.6 is 0 Å². The van der Waals surface area contributed by atoms with E-state index in [1.54, 1.807) is 12.1 Å². The average Bonchev–Trinajstić information content (AvgIpc) is 3.24. The second-order valence-electron chi connectivity index (χ2n) is 9.36. The molecule has 1 atom stereocenters. The first-order chi connectivity index (χ1) is 15.5. The summed E-state index contributed by atoms with van der Waals surface area (Å²) in [7, 11) is 3.34. The topological polar surface area (TPSA) is 76.5 Å². The molecule has 0 bridgehead atoms. The number of nitrogens with one attached hydrogen (secondary N) is 1. The number of amides is 2.